The van der Waals surface area contributed by atoms with Gasteiger partial charge in [-0.05, 0) is 43.0 Å². The predicted octanol–water partition coefficient (Wildman–Crippen LogP) is 2.01. The van der Waals surface area contributed by atoms with E-state index in [1.165, 1.54) is 30.5 Å². The summed E-state index contributed by atoms with van der Waals surface area (Å²) in [5.41, 5.74) is 8.62. The van der Waals surface area contributed by atoms with E-state index in [4.69, 9.17) is 10.5 Å². The van der Waals surface area contributed by atoms with Gasteiger partial charge in [0.25, 0.3) is 0 Å². The quantitative estimate of drug-likeness (QED) is 0.918. The lowest BCUT2D eigenvalue weighted by atomic mass is 10.1. The van der Waals surface area contributed by atoms with Crippen LogP contribution in [0.15, 0.2) is 18.2 Å². The summed E-state index contributed by atoms with van der Waals surface area (Å²) in [6.45, 7) is 4.01. The van der Waals surface area contributed by atoms with Crippen LogP contribution < -0.4 is 10.5 Å². The van der Waals surface area contributed by atoms with Crippen molar-refractivity contribution in [3.05, 3.63) is 29.3 Å². The number of hydrogen-bond donors (Lipinski definition) is 1. The molecule has 1 aromatic carbocycles. The molecule has 2 N–H and O–H groups in total. The predicted molar refractivity (Wildman–Crippen MR) is 80.2 cm³/mol. The highest BCUT2D eigenvalue weighted by Gasteiger charge is 2.22. The van der Waals surface area contributed by atoms with Gasteiger partial charge in [0, 0.05) is 25.6 Å². The monoisotopic (exact) mass is 282 g/mol. The normalized spacial score (nSPS) is 21.8. The number of nitrogens with two attached hydrogens (primary N) is 1. The van der Waals surface area contributed by atoms with Gasteiger partial charge in [0.15, 0.2) is 0 Å². The molecule has 0 bridgehead atoms. The number of rotatable bonds is 4. The third-order valence-corrected chi connectivity index (χ3v) is 4.21. The topological polar surface area (TPSA) is 38.5 Å². The lowest BCUT2D eigenvalue weighted by Gasteiger charge is -2.23. The first-order valence-corrected chi connectivity index (χ1v) is 7.05. The van der Waals surface area contributed by atoms with Crippen molar-refractivity contribution in [3.63, 3.8) is 0 Å². The van der Waals surface area contributed by atoms with E-state index in [0.29, 0.717) is 6.04 Å². The van der Waals surface area contributed by atoms with Crippen molar-refractivity contribution >= 4 is 12.4 Å². The summed E-state index contributed by atoms with van der Waals surface area (Å²) in [5.74, 6) is 1.08. The van der Waals surface area contributed by atoms with Crippen LogP contribution in [-0.2, 0) is 12.8 Å². The molecule has 4 heteroatoms. The Labute approximate surface area is 121 Å². The van der Waals surface area contributed by atoms with E-state index in [1.54, 1.807) is 0 Å². The van der Waals surface area contributed by atoms with E-state index >= 15 is 0 Å². The first-order valence-electron chi connectivity index (χ1n) is 7.05. The van der Waals surface area contributed by atoms with Crippen LogP contribution in [0.4, 0.5) is 0 Å². The summed E-state index contributed by atoms with van der Waals surface area (Å²) in [6, 6.07) is 7.26. The Morgan fingerprint density at radius 2 is 2.26 bits per heavy atom. The van der Waals surface area contributed by atoms with Crippen molar-refractivity contribution in [2.45, 2.75) is 31.7 Å². The van der Waals surface area contributed by atoms with Crippen molar-refractivity contribution in [1.29, 1.82) is 0 Å². The van der Waals surface area contributed by atoms with Gasteiger partial charge in [-0.25, -0.2) is 0 Å². The summed E-state index contributed by atoms with van der Waals surface area (Å²) in [6.07, 6.45) is 4.77. The van der Waals surface area contributed by atoms with Gasteiger partial charge in [-0.1, -0.05) is 12.1 Å². The minimum atomic E-state index is 0. The molecule has 1 unspecified atom stereocenters. The second kappa shape index (κ2) is 6.60. The van der Waals surface area contributed by atoms with Gasteiger partial charge in [0.05, 0.1) is 6.61 Å². The Morgan fingerprint density at radius 1 is 1.37 bits per heavy atom. The van der Waals surface area contributed by atoms with Crippen molar-refractivity contribution in [2.24, 2.45) is 5.73 Å². The average molecular weight is 283 g/mol. The van der Waals surface area contributed by atoms with Gasteiger partial charge in [-0.3, -0.25) is 4.90 Å². The van der Waals surface area contributed by atoms with E-state index in [-0.39, 0.29) is 12.4 Å². The molecule has 3 nitrogen and oxygen atoms in total. The van der Waals surface area contributed by atoms with Crippen LogP contribution >= 0.6 is 12.4 Å². The van der Waals surface area contributed by atoms with E-state index < -0.39 is 0 Å². The lowest BCUT2D eigenvalue weighted by Crippen LogP contribution is -2.36. The summed E-state index contributed by atoms with van der Waals surface area (Å²) >= 11 is 0. The fraction of sp³-hybridized carbons (Fsp3) is 0.600. The summed E-state index contributed by atoms with van der Waals surface area (Å²) in [7, 11) is 0. The SMILES string of the molecule is Cl.NCC1CCCN1CCc1ccc2c(c1)CCO2. The molecule has 19 heavy (non-hydrogen) atoms. The van der Waals surface area contributed by atoms with Gasteiger partial charge in [0.2, 0.25) is 0 Å². The largest absolute Gasteiger partial charge is 0.493 e. The highest BCUT2D eigenvalue weighted by molar-refractivity contribution is 5.85. The van der Waals surface area contributed by atoms with Crippen LogP contribution in [0.2, 0.25) is 0 Å². The van der Waals surface area contributed by atoms with E-state index in [1.807, 2.05) is 0 Å². The molecule has 2 aliphatic heterocycles. The van der Waals surface area contributed by atoms with E-state index in [0.717, 1.165) is 38.3 Å². The van der Waals surface area contributed by atoms with Crippen LogP contribution in [0.5, 0.6) is 5.75 Å². The van der Waals surface area contributed by atoms with Crippen LogP contribution in [0.25, 0.3) is 0 Å². The molecule has 106 valence electrons. The molecule has 0 saturated carbocycles. The highest BCUT2D eigenvalue weighted by atomic mass is 35.5. The van der Waals surface area contributed by atoms with Crippen LogP contribution in [0.1, 0.15) is 24.0 Å². The summed E-state index contributed by atoms with van der Waals surface area (Å²) in [4.78, 5) is 2.55. The van der Waals surface area contributed by atoms with Crippen molar-refractivity contribution in [1.82, 2.24) is 4.90 Å². The second-order valence-electron chi connectivity index (χ2n) is 5.36. The first kappa shape index (κ1) is 14.6. The molecule has 2 heterocycles. The maximum absolute atomic E-state index is 5.81. The number of hydrogen-bond acceptors (Lipinski definition) is 3. The zero-order chi connectivity index (χ0) is 12.4. The molecule has 0 aromatic heterocycles. The van der Waals surface area contributed by atoms with Gasteiger partial charge in [0.1, 0.15) is 5.75 Å². The van der Waals surface area contributed by atoms with Gasteiger partial charge >= 0.3 is 0 Å². The smallest absolute Gasteiger partial charge is 0.122 e. The van der Waals surface area contributed by atoms with E-state index in [9.17, 15) is 0 Å². The first-order chi connectivity index (χ1) is 8.86. The lowest BCUT2D eigenvalue weighted by molar-refractivity contribution is 0.262. The van der Waals surface area contributed by atoms with Crippen LogP contribution in [0, 0.1) is 0 Å². The molecule has 1 atom stereocenters. The summed E-state index contributed by atoms with van der Waals surface area (Å²) in [5, 5.41) is 0. The summed E-state index contributed by atoms with van der Waals surface area (Å²) < 4.78 is 5.54. The number of ether oxygens (including phenoxy) is 1. The third kappa shape index (κ3) is 3.22. The Morgan fingerprint density at radius 3 is 3.11 bits per heavy atom. The molecule has 0 radical (unpaired) electrons. The molecule has 1 fully saturated rings. The molecule has 0 spiro atoms. The molecule has 2 aliphatic rings. The fourth-order valence-electron chi connectivity index (χ4n) is 3.12. The molecule has 1 saturated heterocycles. The van der Waals surface area contributed by atoms with Crippen molar-refractivity contribution < 1.29 is 4.74 Å². The number of likely N-dealkylation sites (tertiary alicyclic amines) is 1. The highest BCUT2D eigenvalue weighted by Crippen LogP contribution is 2.26. The van der Waals surface area contributed by atoms with Gasteiger partial charge in [-0.2, -0.15) is 0 Å². The molecule has 3 rings (SSSR count). The number of halogens is 1. The maximum atomic E-state index is 5.81. The van der Waals surface area contributed by atoms with Crippen LogP contribution in [0.3, 0.4) is 0 Å². The molecule has 0 aliphatic carbocycles. The number of benzene rings is 1. The molecular weight excluding hydrogens is 260 g/mol. The minimum Gasteiger partial charge on any atom is -0.493 e. The molecule has 0 amide bonds. The standard InChI is InChI=1S/C15H22N2O.ClH/c16-11-14-2-1-7-17(14)8-5-12-3-4-15-13(10-12)6-9-18-15;/h3-4,10,14H,1-2,5-9,11,16H2;1H. The van der Waals surface area contributed by atoms with Crippen molar-refractivity contribution in [3.8, 4) is 5.75 Å². The van der Waals surface area contributed by atoms with E-state index in [2.05, 4.69) is 23.1 Å². The fourth-order valence-corrected chi connectivity index (χ4v) is 3.12. The zero-order valence-electron chi connectivity index (χ0n) is 11.3. The van der Waals surface area contributed by atoms with Crippen LogP contribution in [-0.4, -0.2) is 37.2 Å². The Balaban J connectivity index is 0.00000133. The average Bonchev–Trinajstić information content (AvgIpc) is 3.04. The Kier molecular flexibility index (Phi) is 5.08. The van der Waals surface area contributed by atoms with Crippen molar-refractivity contribution in [2.75, 3.05) is 26.2 Å². The number of nitrogens with zero attached hydrogens (tertiary/aromatic N) is 1. The number of fused-ring (bicyclic) bond motifs is 1. The van der Waals surface area contributed by atoms with Gasteiger partial charge < -0.3 is 10.5 Å². The Hall–Kier alpha value is -0.770. The second-order valence-corrected chi connectivity index (χ2v) is 5.36. The maximum Gasteiger partial charge on any atom is 0.122 e. The molecule has 1 aromatic rings. The zero-order valence-corrected chi connectivity index (χ0v) is 12.1. The Bertz CT molecular complexity index is 425. The minimum absolute atomic E-state index is 0. The third-order valence-electron chi connectivity index (χ3n) is 4.21. The molecular formula is C15H23ClN2O. The van der Waals surface area contributed by atoms with Gasteiger partial charge in [-0.15, -0.1) is 12.4 Å².